The van der Waals surface area contributed by atoms with Crippen LogP contribution in [0.2, 0.25) is 5.15 Å². The zero-order chi connectivity index (χ0) is 13.1. The molecule has 0 aromatic carbocycles. The normalized spacial score (nSPS) is 20.6. The fraction of sp³-hybridized carbons (Fsp3) is 0.769. The summed E-state index contributed by atoms with van der Waals surface area (Å²) >= 11 is 6.24. The molecule has 1 aliphatic rings. The van der Waals surface area contributed by atoms with Crippen LogP contribution in [0.4, 0.5) is 0 Å². The molecule has 0 spiro atoms. The largest absolute Gasteiger partial charge is 0.377 e. The van der Waals surface area contributed by atoms with Crippen molar-refractivity contribution in [2.45, 2.75) is 38.8 Å². The van der Waals surface area contributed by atoms with E-state index in [1.54, 1.807) is 4.68 Å². The van der Waals surface area contributed by atoms with Crippen LogP contribution in [-0.4, -0.2) is 41.0 Å². The number of likely N-dealkylation sites (N-methyl/N-ethyl adjacent to an activating group) is 1. The van der Waals surface area contributed by atoms with Crippen molar-refractivity contribution in [3.63, 3.8) is 0 Å². The molecular formula is C13H22ClN3O. The lowest BCUT2D eigenvalue weighted by atomic mass is 10.1. The first-order valence-corrected chi connectivity index (χ1v) is 6.94. The molecule has 0 aliphatic carbocycles. The van der Waals surface area contributed by atoms with Crippen LogP contribution in [0.25, 0.3) is 0 Å². The van der Waals surface area contributed by atoms with Crippen molar-refractivity contribution >= 4 is 11.6 Å². The molecule has 1 fully saturated rings. The fourth-order valence-corrected chi connectivity index (χ4v) is 2.72. The van der Waals surface area contributed by atoms with Crippen LogP contribution in [0.15, 0.2) is 0 Å². The molecule has 2 rings (SSSR count). The van der Waals surface area contributed by atoms with Crippen molar-refractivity contribution < 1.29 is 4.74 Å². The Morgan fingerprint density at radius 3 is 2.83 bits per heavy atom. The van der Waals surface area contributed by atoms with E-state index in [9.17, 15) is 0 Å². The highest BCUT2D eigenvalue weighted by molar-refractivity contribution is 6.30. The zero-order valence-electron chi connectivity index (χ0n) is 11.4. The van der Waals surface area contributed by atoms with E-state index in [0.717, 1.165) is 36.1 Å². The number of nitrogens with zero attached hydrogens (tertiary/aromatic N) is 3. The maximum atomic E-state index is 6.24. The van der Waals surface area contributed by atoms with E-state index in [1.807, 2.05) is 14.0 Å². The summed E-state index contributed by atoms with van der Waals surface area (Å²) in [6, 6.07) is 0. The quantitative estimate of drug-likeness (QED) is 0.842. The Morgan fingerprint density at radius 2 is 2.28 bits per heavy atom. The highest BCUT2D eigenvalue weighted by atomic mass is 35.5. The minimum absolute atomic E-state index is 0.375. The Bertz CT molecular complexity index is 399. The second-order valence-corrected chi connectivity index (χ2v) is 5.52. The summed E-state index contributed by atoms with van der Waals surface area (Å²) in [6.07, 6.45) is 4.03. The Kier molecular flexibility index (Phi) is 4.65. The molecule has 1 unspecified atom stereocenters. The van der Waals surface area contributed by atoms with Gasteiger partial charge in [-0.3, -0.25) is 9.58 Å². The van der Waals surface area contributed by atoms with Gasteiger partial charge in [0.25, 0.3) is 0 Å². The SMILES string of the molecule is Cc1nn(C)c(Cl)c1CN(C)CC1CCCCO1. The average Bonchev–Trinajstić information content (AvgIpc) is 2.57. The van der Waals surface area contributed by atoms with Gasteiger partial charge < -0.3 is 4.74 Å². The van der Waals surface area contributed by atoms with Crippen LogP contribution in [0.1, 0.15) is 30.5 Å². The lowest BCUT2D eigenvalue weighted by molar-refractivity contribution is -0.00261. The zero-order valence-corrected chi connectivity index (χ0v) is 12.2. The van der Waals surface area contributed by atoms with Crippen molar-refractivity contribution in [3.8, 4) is 0 Å². The molecule has 0 bridgehead atoms. The van der Waals surface area contributed by atoms with E-state index in [-0.39, 0.29) is 0 Å². The lowest BCUT2D eigenvalue weighted by Crippen LogP contribution is -2.33. The van der Waals surface area contributed by atoms with Gasteiger partial charge in [-0.15, -0.1) is 0 Å². The van der Waals surface area contributed by atoms with Crippen molar-refractivity contribution in [1.29, 1.82) is 0 Å². The number of hydrogen-bond donors (Lipinski definition) is 0. The highest BCUT2D eigenvalue weighted by Gasteiger charge is 2.18. The summed E-state index contributed by atoms with van der Waals surface area (Å²) in [5.74, 6) is 0. The maximum Gasteiger partial charge on any atom is 0.131 e. The molecule has 1 saturated heterocycles. The Labute approximate surface area is 114 Å². The third-order valence-electron chi connectivity index (χ3n) is 3.49. The standard InChI is InChI=1S/C13H22ClN3O/c1-10-12(13(14)17(3)15-10)9-16(2)8-11-6-4-5-7-18-11/h11H,4-9H2,1-3H3. The average molecular weight is 272 g/mol. The van der Waals surface area contributed by atoms with E-state index < -0.39 is 0 Å². The Balaban J connectivity index is 1.91. The monoisotopic (exact) mass is 271 g/mol. The number of halogens is 1. The predicted molar refractivity (Wildman–Crippen MR) is 72.9 cm³/mol. The first-order chi connectivity index (χ1) is 8.58. The van der Waals surface area contributed by atoms with Gasteiger partial charge in [0.2, 0.25) is 0 Å². The van der Waals surface area contributed by atoms with Crippen LogP contribution in [0.5, 0.6) is 0 Å². The van der Waals surface area contributed by atoms with Gasteiger partial charge in [0.15, 0.2) is 0 Å². The summed E-state index contributed by atoms with van der Waals surface area (Å²) in [5.41, 5.74) is 2.14. The van der Waals surface area contributed by atoms with Gasteiger partial charge in [-0.1, -0.05) is 11.6 Å². The molecule has 0 amide bonds. The first kappa shape index (κ1) is 13.8. The second kappa shape index (κ2) is 6.04. The molecule has 102 valence electrons. The van der Waals surface area contributed by atoms with Crippen LogP contribution in [-0.2, 0) is 18.3 Å². The summed E-state index contributed by atoms with van der Waals surface area (Å²) in [5, 5.41) is 5.08. The van der Waals surface area contributed by atoms with E-state index in [0.29, 0.717) is 6.10 Å². The summed E-state index contributed by atoms with van der Waals surface area (Å²) in [7, 11) is 3.99. The Hall–Kier alpha value is -0.580. The summed E-state index contributed by atoms with van der Waals surface area (Å²) in [6.45, 7) is 4.71. The molecule has 4 nitrogen and oxygen atoms in total. The third kappa shape index (κ3) is 3.25. The van der Waals surface area contributed by atoms with Crippen molar-refractivity contribution in [3.05, 3.63) is 16.4 Å². The summed E-state index contributed by atoms with van der Waals surface area (Å²) < 4.78 is 7.49. The van der Waals surface area contributed by atoms with Gasteiger partial charge >= 0.3 is 0 Å². The third-order valence-corrected chi connectivity index (χ3v) is 3.96. The number of aromatic nitrogens is 2. The fourth-order valence-electron chi connectivity index (χ4n) is 2.49. The molecule has 0 radical (unpaired) electrons. The molecule has 5 heteroatoms. The van der Waals surface area contributed by atoms with Crippen LogP contribution in [0, 0.1) is 6.92 Å². The minimum Gasteiger partial charge on any atom is -0.377 e. The molecule has 1 aromatic heterocycles. The van der Waals surface area contributed by atoms with Gasteiger partial charge in [-0.2, -0.15) is 5.10 Å². The smallest absolute Gasteiger partial charge is 0.131 e. The maximum absolute atomic E-state index is 6.24. The first-order valence-electron chi connectivity index (χ1n) is 6.56. The van der Waals surface area contributed by atoms with Gasteiger partial charge in [0, 0.05) is 32.3 Å². The number of rotatable bonds is 4. The number of hydrogen-bond acceptors (Lipinski definition) is 3. The van der Waals surface area contributed by atoms with E-state index in [1.165, 1.54) is 19.3 Å². The van der Waals surface area contributed by atoms with Gasteiger partial charge in [-0.25, -0.2) is 0 Å². The minimum atomic E-state index is 0.375. The van der Waals surface area contributed by atoms with Gasteiger partial charge in [-0.05, 0) is 33.2 Å². The highest BCUT2D eigenvalue weighted by Crippen LogP contribution is 2.21. The molecule has 2 heterocycles. The van der Waals surface area contributed by atoms with Crippen molar-refractivity contribution in [2.75, 3.05) is 20.2 Å². The predicted octanol–water partition coefficient (Wildman–Crippen LogP) is 2.38. The van der Waals surface area contributed by atoms with Gasteiger partial charge in [0.05, 0.1) is 11.8 Å². The topological polar surface area (TPSA) is 30.3 Å². The molecule has 0 saturated carbocycles. The van der Waals surface area contributed by atoms with Gasteiger partial charge in [0.1, 0.15) is 5.15 Å². The molecular weight excluding hydrogens is 250 g/mol. The van der Waals surface area contributed by atoms with Crippen LogP contribution in [0.3, 0.4) is 0 Å². The van der Waals surface area contributed by atoms with Crippen LogP contribution < -0.4 is 0 Å². The molecule has 18 heavy (non-hydrogen) atoms. The van der Waals surface area contributed by atoms with Crippen molar-refractivity contribution in [2.24, 2.45) is 7.05 Å². The lowest BCUT2D eigenvalue weighted by Gasteiger charge is -2.27. The molecule has 0 N–H and O–H groups in total. The number of ether oxygens (including phenoxy) is 1. The van der Waals surface area contributed by atoms with E-state index in [4.69, 9.17) is 16.3 Å². The molecule has 1 atom stereocenters. The van der Waals surface area contributed by atoms with Crippen molar-refractivity contribution in [1.82, 2.24) is 14.7 Å². The molecule has 1 aromatic rings. The number of aryl methyl sites for hydroxylation is 2. The van der Waals surface area contributed by atoms with E-state index in [2.05, 4.69) is 17.0 Å². The summed E-state index contributed by atoms with van der Waals surface area (Å²) in [4.78, 5) is 2.27. The van der Waals surface area contributed by atoms with Crippen LogP contribution >= 0.6 is 11.6 Å². The second-order valence-electron chi connectivity index (χ2n) is 5.16. The Morgan fingerprint density at radius 1 is 1.50 bits per heavy atom. The molecule has 1 aliphatic heterocycles. The van der Waals surface area contributed by atoms with E-state index >= 15 is 0 Å².